The van der Waals surface area contributed by atoms with Crippen molar-refractivity contribution in [3.8, 4) is 5.69 Å². The summed E-state index contributed by atoms with van der Waals surface area (Å²) in [7, 11) is 0. The van der Waals surface area contributed by atoms with Crippen molar-refractivity contribution in [2.24, 2.45) is 0 Å². The molecule has 0 aliphatic rings. The summed E-state index contributed by atoms with van der Waals surface area (Å²) in [5.41, 5.74) is 2.72. The van der Waals surface area contributed by atoms with Gasteiger partial charge in [-0.1, -0.05) is 47.6 Å². The number of halogens is 1. The molecule has 0 fully saturated rings. The highest BCUT2D eigenvalue weighted by atomic mass is 35.5. The number of nitrogens with zero attached hydrogens (tertiary/aromatic N) is 3. The van der Waals surface area contributed by atoms with Crippen molar-refractivity contribution in [3.05, 3.63) is 103 Å². The number of hydrogen-bond donors (Lipinski definition) is 2. The molecule has 0 aliphatic heterocycles. The predicted molar refractivity (Wildman–Crippen MR) is 118 cm³/mol. The molecule has 0 radical (unpaired) electrons. The van der Waals surface area contributed by atoms with Crippen LogP contribution in [0.1, 0.15) is 22.6 Å². The van der Waals surface area contributed by atoms with E-state index in [9.17, 15) is 9.59 Å². The van der Waals surface area contributed by atoms with Crippen LogP contribution >= 0.6 is 23.4 Å². The van der Waals surface area contributed by atoms with Gasteiger partial charge in [-0.3, -0.25) is 14.3 Å². The van der Waals surface area contributed by atoms with Gasteiger partial charge in [-0.15, -0.1) is 10.2 Å². The fourth-order valence-electron chi connectivity index (χ4n) is 3.06. The zero-order valence-corrected chi connectivity index (χ0v) is 17.6. The number of nitrogens with one attached hydrogen (secondary N) is 2. The lowest BCUT2D eigenvalue weighted by Gasteiger charge is -2.11. The van der Waals surface area contributed by atoms with Crippen molar-refractivity contribution in [1.29, 1.82) is 0 Å². The van der Waals surface area contributed by atoms with E-state index >= 15 is 0 Å². The molecule has 0 bridgehead atoms. The Balaban J connectivity index is 1.71. The Morgan fingerprint density at radius 2 is 1.80 bits per heavy atom. The molecular weight excluding hydrogens is 422 g/mol. The number of aromatic amines is 2. The number of thioether (sulfide) groups is 1. The molecule has 0 unspecified atom stereocenters. The normalized spacial score (nSPS) is 11.0. The second-order valence-corrected chi connectivity index (χ2v) is 8.09. The summed E-state index contributed by atoms with van der Waals surface area (Å²) < 4.78 is 1.92. The van der Waals surface area contributed by atoms with E-state index in [-0.39, 0.29) is 6.42 Å². The molecule has 0 saturated carbocycles. The van der Waals surface area contributed by atoms with E-state index in [2.05, 4.69) is 39.2 Å². The molecule has 2 aromatic carbocycles. The fraction of sp³-hybridized carbons (Fsp3) is 0.143. The summed E-state index contributed by atoms with van der Waals surface area (Å²) in [6.07, 6.45) is 0.250. The number of aryl methyl sites for hydroxylation is 1. The highest BCUT2D eigenvalue weighted by molar-refractivity contribution is 7.98. The molecule has 7 nitrogen and oxygen atoms in total. The maximum atomic E-state index is 11.7. The van der Waals surface area contributed by atoms with E-state index in [0.717, 1.165) is 11.4 Å². The molecule has 2 heterocycles. The van der Waals surface area contributed by atoms with Gasteiger partial charge in [0.05, 0.1) is 0 Å². The van der Waals surface area contributed by atoms with Gasteiger partial charge >= 0.3 is 5.69 Å². The molecular formula is C21H18ClN5O2S. The molecule has 4 aromatic rings. The topological polar surface area (TPSA) is 96.4 Å². The van der Waals surface area contributed by atoms with Crippen molar-refractivity contribution in [3.63, 3.8) is 0 Å². The molecule has 0 aliphatic carbocycles. The zero-order valence-electron chi connectivity index (χ0n) is 16.1. The summed E-state index contributed by atoms with van der Waals surface area (Å²) in [6.45, 7) is 2.08. The van der Waals surface area contributed by atoms with Gasteiger partial charge in [0.1, 0.15) is 5.82 Å². The van der Waals surface area contributed by atoms with Gasteiger partial charge in [-0.25, -0.2) is 4.79 Å². The van der Waals surface area contributed by atoms with Crippen molar-refractivity contribution >= 4 is 23.4 Å². The summed E-state index contributed by atoms with van der Waals surface area (Å²) in [4.78, 5) is 28.1. The lowest BCUT2D eigenvalue weighted by atomic mass is 10.1. The minimum atomic E-state index is -0.552. The van der Waals surface area contributed by atoms with Crippen LogP contribution in [-0.2, 0) is 12.2 Å². The van der Waals surface area contributed by atoms with E-state index < -0.39 is 11.2 Å². The number of hydrogen-bond acceptors (Lipinski definition) is 5. The van der Waals surface area contributed by atoms with E-state index in [0.29, 0.717) is 21.7 Å². The standard InChI is InChI=1S/C21H18ClN5O2S/c1-13-4-2-3-5-14(13)12-30-21-26-25-18(10-16-11-19(28)24-20(29)23-16)27(21)17-8-6-15(22)7-9-17/h2-9,11H,10,12H2,1H3,(H2,23,24,28,29). The first-order valence-corrected chi connectivity index (χ1v) is 10.6. The molecule has 0 spiro atoms. The van der Waals surface area contributed by atoms with Crippen LogP contribution in [0.15, 0.2) is 69.3 Å². The monoisotopic (exact) mass is 439 g/mol. The van der Waals surface area contributed by atoms with Gasteiger partial charge in [0, 0.05) is 34.6 Å². The van der Waals surface area contributed by atoms with E-state index in [1.165, 1.54) is 17.2 Å². The SMILES string of the molecule is Cc1ccccc1CSc1nnc(Cc2cc(=O)[nH]c(=O)[nH]2)n1-c1ccc(Cl)cc1. The summed E-state index contributed by atoms with van der Waals surface area (Å²) >= 11 is 7.62. The molecule has 2 N–H and O–H groups in total. The molecule has 30 heavy (non-hydrogen) atoms. The van der Waals surface area contributed by atoms with Crippen LogP contribution < -0.4 is 11.2 Å². The lowest BCUT2D eigenvalue weighted by Crippen LogP contribution is -2.23. The summed E-state index contributed by atoms with van der Waals surface area (Å²) in [6, 6.07) is 16.9. The maximum Gasteiger partial charge on any atom is 0.325 e. The second-order valence-electron chi connectivity index (χ2n) is 6.72. The third-order valence-electron chi connectivity index (χ3n) is 4.57. The minimum Gasteiger partial charge on any atom is -0.311 e. The highest BCUT2D eigenvalue weighted by Gasteiger charge is 2.16. The highest BCUT2D eigenvalue weighted by Crippen LogP contribution is 2.27. The Labute approximate surface area is 181 Å². The van der Waals surface area contributed by atoms with E-state index in [1.807, 2.05) is 28.8 Å². The number of H-pyrrole nitrogens is 2. The molecule has 0 atom stereocenters. The van der Waals surface area contributed by atoms with Gasteiger partial charge in [-0.2, -0.15) is 0 Å². The lowest BCUT2D eigenvalue weighted by molar-refractivity contribution is 0.829. The Morgan fingerprint density at radius 3 is 2.53 bits per heavy atom. The average molecular weight is 440 g/mol. The fourth-order valence-corrected chi connectivity index (χ4v) is 4.23. The summed E-state index contributed by atoms with van der Waals surface area (Å²) in [5.74, 6) is 1.34. The summed E-state index contributed by atoms with van der Waals surface area (Å²) in [5, 5.41) is 10.0. The van der Waals surface area contributed by atoms with Gasteiger partial charge in [-0.05, 0) is 42.3 Å². The number of aromatic nitrogens is 5. The average Bonchev–Trinajstić information content (AvgIpc) is 3.09. The first kappa shape index (κ1) is 20.2. The van der Waals surface area contributed by atoms with Crippen LogP contribution in [0.4, 0.5) is 0 Å². The first-order chi connectivity index (χ1) is 14.5. The Hall–Kier alpha value is -3.10. The van der Waals surface area contributed by atoms with E-state index in [1.54, 1.807) is 23.9 Å². The van der Waals surface area contributed by atoms with Crippen LogP contribution in [-0.4, -0.2) is 24.7 Å². The van der Waals surface area contributed by atoms with Crippen LogP contribution in [0.5, 0.6) is 0 Å². The van der Waals surface area contributed by atoms with Crippen molar-refractivity contribution in [2.45, 2.75) is 24.3 Å². The molecule has 2 aromatic heterocycles. The Bertz CT molecular complexity index is 1270. The van der Waals surface area contributed by atoms with Gasteiger partial charge in [0.15, 0.2) is 5.16 Å². The van der Waals surface area contributed by atoms with Crippen LogP contribution in [0.3, 0.4) is 0 Å². The first-order valence-electron chi connectivity index (χ1n) is 9.19. The number of rotatable bonds is 6. The Morgan fingerprint density at radius 1 is 1.03 bits per heavy atom. The van der Waals surface area contributed by atoms with Crippen molar-refractivity contribution in [2.75, 3.05) is 0 Å². The Kier molecular flexibility index (Phi) is 5.87. The second kappa shape index (κ2) is 8.73. The van der Waals surface area contributed by atoms with Crippen molar-refractivity contribution in [1.82, 2.24) is 24.7 Å². The third-order valence-corrected chi connectivity index (χ3v) is 5.80. The number of benzene rings is 2. The van der Waals surface area contributed by atoms with Crippen LogP contribution in [0.25, 0.3) is 5.69 Å². The largest absolute Gasteiger partial charge is 0.325 e. The zero-order chi connectivity index (χ0) is 21.1. The molecule has 152 valence electrons. The quantitative estimate of drug-likeness (QED) is 0.448. The molecule has 4 rings (SSSR count). The molecule has 9 heteroatoms. The van der Waals surface area contributed by atoms with Gasteiger partial charge in [0.2, 0.25) is 0 Å². The minimum absolute atomic E-state index is 0.250. The van der Waals surface area contributed by atoms with E-state index in [4.69, 9.17) is 11.6 Å². The predicted octanol–water partition coefficient (Wildman–Crippen LogP) is 3.49. The van der Waals surface area contributed by atoms with Crippen molar-refractivity contribution < 1.29 is 0 Å². The molecule has 0 amide bonds. The molecule has 0 saturated heterocycles. The van der Waals surface area contributed by atoms with Gasteiger partial charge < -0.3 is 4.98 Å². The maximum absolute atomic E-state index is 11.7. The van der Waals surface area contributed by atoms with Gasteiger partial charge in [0.25, 0.3) is 5.56 Å². The third kappa shape index (κ3) is 4.55. The smallest absolute Gasteiger partial charge is 0.311 e. The van der Waals surface area contributed by atoms with Crippen LogP contribution in [0.2, 0.25) is 5.02 Å². The van der Waals surface area contributed by atoms with Crippen LogP contribution in [0, 0.1) is 6.92 Å².